The molecule has 1 aromatic heterocycles. The van der Waals surface area contributed by atoms with E-state index >= 15 is 0 Å². The molecule has 0 aliphatic heterocycles. The fourth-order valence-electron chi connectivity index (χ4n) is 1.44. The highest BCUT2D eigenvalue weighted by Crippen LogP contribution is 2.23. The Morgan fingerprint density at radius 2 is 1.90 bits per heavy atom. The van der Waals surface area contributed by atoms with Gasteiger partial charge in [-0.2, -0.15) is 0 Å². The first-order valence-corrected chi connectivity index (χ1v) is 5.79. The van der Waals surface area contributed by atoms with Gasteiger partial charge in [-0.3, -0.25) is 4.79 Å². The van der Waals surface area contributed by atoms with Crippen molar-refractivity contribution < 1.29 is 9.90 Å². The van der Waals surface area contributed by atoms with Gasteiger partial charge in [-0.05, 0) is 36.4 Å². The van der Waals surface area contributed by atoms with Crippen molar-refractivity contribution in [3.63, 3.8) is 0 Å². The first-order chi connectivity index (χ1) is 9.54. The summed E-state index contributed by atoms with van der Waals surface area (Å²) < 4.78 is 0. The second-order valence-corrected chi connectivity index (χ2v) is 4.00. The molecule has 102 valence electrons. The average molecular weight is 271 g/mol. The summed E-state index contributed by atoms with van der Waals surface area (Å²) in [5.41, 5.74) is 6.74. The topological polar surface area (TPSA) is 113 Å². The summed E-state index contributed by atoms with van der Waals surface area (Å²) in [6, 6.07) is 9.75. The van der Waals surface area contributed by atoms with E-state index < -0.39 is 0 Å². The molecule has 0 aliphatic carbocycles. The van der Waals surface area contributed by atoms with Gasteiger partial charge in [-0.15, -0.1) is 10.2 Å². The van der Waals surface area contributed by atoms with Crippen LogP contribution in [-0.2, 0) is 4.79 Å². The highest BCUT2D eigenvalue weighted by Gasteiger charge is 1.99. The van der Waals surface area contributed by atoms with Crippen molar-refractivity contribution in [2.75, 3.05) is 11.1 Å². The minimum Gasteiger partial charge on any atom is -0.504 e. The Kier molecular flexibility index (Phi) is 3.90. The third-order valence-electron chi connectivity index (χ3n) is 2.34. The van der Waals surface area contributed by atoms with Crippen molar-refractivity contribution in [3.05, 3.63) is 36.4 Å². The van der Waals surface area contributed by atoms with Crippen molar-refractivity contribution in [1.82, 2.24) is 4.98 Å². The molecule has 1 heterocycles. The third kappa shape index (κ3) is 3.52. The smallest absolute Gasteiger partial charge is 0.221 e. The number of amides is 1. The highest BCUT2D eigenvalue weighted by molar-refractivity contribution is 5.88. The van der Waals surface area contributed by atoms with E-state index in [1.54, 1.807) is 24.3 Å². The standard InChI is InChI=1S/C13H13N5O2/c1-8(19)15-9-2-4-10(5-3-9)17-18-12-7-6-11(20)13(14)16-12/h2-7,20H,1H3,(H2,14,16)(H,15,19). The number of nitrogens with zero attached hydrogens (tertiary/aromatic N) is 3. The van der Waals surface area contributed by atoms with Gasteiger partial charge in [0, 0.05) is 12.6 Å². The molecule has 0 fully saturated rings. The maximum atomic E-state index is 10.9. The number of benzene rings is 1. The third-order valence-corrected chi connectivity index (χ3v) is 2.34. The molecule has 0 atom stereocenters. The van der Waals surface area contributed by atoms with Gasteiger partial charge in [0.05, 0.1) is 5.69 Å². The maximum absolute atomic E-state index is 10.9. The van der Waals surface area contributed by atoms with Gasteiger partial charge in [0.15, 0.2) is 17.4 Å². The molecule has 0 unspecified atom stereocenters. The number of hydrogen-bond acceptors (Lipinski definition) is 6. The van der Waals surface area contributed by atoms with Crippen molar-refractivity contribution in [1.29, 1.82) is 0 Å². The second-order valence-electron chi connectivity index (χ2n) is 4.00. The molecule has 2 aromatic rings. The zero-order chi connectivity index (χ0) is 14.5. The van der Waals surface area contributed by atoms with Gasteiger partial charge in [0.2, 0.25) is 5.91 Å². The van der Waals surface area contributed by atoms with E-state index in [0.717, 1.165) is 0 Å². The zero-order valence-corrected chi connectivity index (χ0v) is 10.7. The van der Waals surface area contributed by atoms with Gasteiger partial charge in [-0.1, -0.05) is 0 Å². The van der Waals surface area contributed by atoms with Crippen LogP contribution in [-0.4, -0.2) is 16.0 Å². The minimum absolute atomic E-state index is 0.00227. The van der Waals surface area contributed by atoms with Gasteiger partial charge in [0.25, 0.3) is 0 Å². The number of anilines is 2. The molecular weight excluding hydrogens is 258 g/mol. The van der Waals surface area contributed by atoms with Crippen LogP contribution < -0.4 is 11.1 Å². The lowest BCUT2D eigenvalue weighted by Gasteiger charge is -2.01. The fourth-order valence-corrected chi connectivity index (χ4v) is 1.44. The molecule has 2 rings (SSSR count). The van der Waals surface area contributed by atoms with Crippen LogP contribution in [0.2, 0.25) is 0 Å². The van der Waals surface area contributed by atoms with E-state index in [1.165, 1.54) is 19.1 Å². The SMILES string of the molecule is CC(=O)Nc1ccc(N=Nc2ccc(O)c(N)n2)cc1. The number of aromatic hydroxyl groups is 1. The maximum Gasteiger partial charge on any atom is 0.221 e. The van der Waals surface area contributed by atoms with E-state index in [2.05, 4.69) is 20.5 Å². The van der Waals surface area contributed by atoms with Crippen LogP contribution in [0.3, 0.4) is 0 Å². The molecule has 0 aliphatic rings. The van der Waals surface area contributed by atoms with E-state index in [0.29, 0.717) is 17.2 Å². The van der Waals surface area contributed by atoms with Crippen LogP contribution in [0.1, 0.15) is 6.92 Å². The summed E-state index contributed by atoms with van der Waals surface area (Å²) in [7, 11) is 0. The summed E-state index contributed by atoms with van der Waals surface area (Å²) in [6.07, 6.45) is 0. The molecule has 7 nitrogen and oxygen atoms in total. The summed E-state index contributed by atoms with van der Waals surface area (Å²) in [5.74, 6) is 0.0699. The molecule has 0 spiro atoms. The Balaban J connectivity index is 2.10. The van der Waals surface area contributed by atoms with Crippen LogP contribution in [0.25, 0.3) is 0 Å². The Morgan fingerprint density at radius 3 is 2.50 bits per heavy atom. The van der Waals surface area contributed by atoms with Crippen molar-refractivity contribution in [3.8, 4) is 5.75 Å². The predicted octanol–water partition coefficient (Wildman–Crippen LogP) is 2.74. The fraction of sp³-hybridized carbons (Fsp3) is 0.0769. The van der Waals surface area contributed by atoms with E-state index in [-0.39, 0.29) is 17.5 Å². The number of carbonyl (C=O) groups is 1. The number of nitrogen functional groups attached to an aromatic ring is 1. The molecule has 20 heavy (non-hydrogen) atoms. The molecule has 0 saturated heterocycles. The molecule has 0 saturated carbocycles. The molecule has 1 amide bonds. The van der Waals surface area contributed by atoms with Crippen LogP contribution in [0.5, 0.6) is 5.75 Å². The van der Waals surface area contributed by atoms with Crippen LogP contribution in [0.15, 0.2) is 46.6 Å². The summed E-state index contributed by atoms with van der Waals surface area (Å²) in [5, 5.41) is 19.8. The lowest BCUT2D eigenvalue weighted by molar-refractivity contribution is -0.114. The van der Waals surface area contributed by atoms with Gasteiger partial charge in [-0.25, -0.2) is 4.98 Å². The van der Waals surface area contributed by atoms with E-state index in [1.807, 2.05) is 0 Å². The molecule has 0 radical (unpaired) electrons. The lowest BCUT2D eigenvalue weighted by Crippen LogP contribution is -2.04. The van der Waals surface area contributed by atoms with Crippen LogP contribution >= 0.6 is 0 Å². The first-order valence-electron chi connectivity index (χ1n) is 5.79. The normalized spacial score (nSPS) is 10.7. The minimum atomic E-state index is -0.136. The zero-order valence-electron chi connectivity index (χ0n) is 10.7. The van der Waals surface area contributed by atoms with Crippen molar-refractivity contribution >= 4 is 28.9 Å². The summed E-state index contributed by atoms with van der Waals surface area (Å²) >= 11 is 0. The quantitative estimate of drug-likeness (QED) is 0.745. The molecule has 1 aromatic carbocycles. The largest absolute Gasteiger partial charge is 0.504 e. The number of nitrogens with one attached hydrogen (secondary N) is 1. The number of azo groups is 1. The first kappa shape index (κ1) is 13.5. The lowest BCUT2D eigenvalue weighted by atomic mass is 10.3. The van der Waals surface area contributed by atoms with Gasteiger partial charge in [0.1, 0.15) is 0 Å². The Labute approximate surface area is 115 Å². The Hall–Kier alpha value is -2.96. The number of pyridine rings is 1. The summed E-state index contributed by atoms with van der Waals surface area (Å²) in [4.78, 5) is 14.7. The molecular formula is C13H13N5O2. The monoisotopic (exact) mass is 271 g/mol. The molecule has 4 N–H and O–H groups in total. The van der Waals surface area contributed by atoms with Gasteiger partial charge >= 0.3 is 0 Å². The number of aromatic nitrogens is 1. The number of nitrogens with two attached hydrogens (primary N) is 1. The highest BCUT2D eigenvalue weighted by atomic mass is 16.3. The predicted molar refractivity (Wildman–Crippen MR) is 75.2 cm³/mol. The van der Waals surface area contributed by atoms with E-state index in [4.69, 9.17) is 5.73 Å². The Morgan fingerprint density at radius 1 is 1.20 bits per heavy atom. The number of hydrogen-bond donors (Lipinski definition) is 3. The Bertz CT molecular complexity index is 652. The van der Waals surface area contributed by atoms with Crippen LogP contribution in [0, 0.1) is 0 Å². The molecule has 0 bridgehead atoms. The van der Waals surface area contributed by atoms with Gasteiger partial charge < -0.3 is 16.2 Å². The van der Waals surface area contributed by atoms with E-state index in [9.17, 15) is 9.90 Å². The van der Waals surface area contributed by atoms with Crippen molar-refractivity contribution in [2.45, 2.75) is 6.92 Å². The van der Waals surface area contributed by atoms with Crippen molar-refractivity contribution in [2.24, 2.45) is 10.2 Å². The van der Waals surface area contributed by atoms with Crippen LogP contribution in [0.4, 0.5) is 23.0 Å². The second kappa shape index (κ2) is 5.79. The molecule has 7 heteroatoms. The number of carbonyl (C=O) groups excluding carboxylic acids is 1. The number of rotatable bonds is 3. The summed E-state index contributed by atoms with van der Waals surface area (Å²) in [6.45, 7) is 1.44. The average Bonchev–Trinajstić information content (AvgIpc) is 2.41.